The van der Waals surface area contributed by atoms with Gasteiger partial charge in [-0.05, 0) is 22.2 Å². The van der Waals surface area contributed by atoms with Gasteiger partial charge in [-0.2, -0.15) is 5.21 Å². The zero-order chi connectivity index (χ0) is 26.5. The van der Waals surface area contributed by atoms with Crippen molar-refractivity contribution in [3.8, 4) is 0 Å². The van der Waals surface area contributed by atoms with Crippen LogP contribution in [0.1, 0.15) is 20.3 Å². The van der Waals surface area contributed by atoms with E-state index in [1.807, 2.05) is 0 Å². The molecule has 36 heavy (non-hydrogen) atoms. The van der Waals surface area contributed by atoms with Crippen LogP contribution < -0.4 is 14.8 Å². The van der Waals surface area contributed by atoms with Crippen LogP contribution in [0.3, 0.4) is 0 Å². The van der Waals surface area contributed by atoms with Gasteiger partial charge >= 0.3 is 0 Å². The van der Waals surface area contributed by atoms with Gasteiger partial charge in [-0.1, -0.05) is 50.6 Å². The fourth-order valence-electron chi connectivity index (χ4n) is 3.83. The molecule has 1 aromatic rings. The van der Waals surface area contributed by atoms with Crippen molar-refractivity contribution < 1.29 is 10.0 Å². The van der Waals surface area contributed by atoms with Gasteiger partial charge in [0.1, 0.15) is 23.7 Å². The number of aliphatic imine (C=N–C) groups is 1. The number of allylic oxidation sites excluding steroid dienone is 2. The highest BCUT2D eigenvalue weighted by Crippen LogP contribution is 2.35. The van der Waals surface area contributed by atoms with Crippen molar-refractivity contribution in [3.63, 3.8) is 0 Å². The van der Waals surface area contributed by atoms with E-state index in [9.17, 15) is 10.0 Å². The number of hydrogen-bond donors (Lipinski definition) is 4. The van der Waals surface area contributed by atoms with Gasteiger partial charge in [-0.25, -0.2) is 4.99 Å². The van der Waals surface area contributed by atoms with Crippen LogP contribution in [0.15, 0.2) is 59.0 Å². The predicted octanol–water partition coefficient (Wildman–Crippen LogP) is 3.87. The van der Waals surface area contributed by atoms with Gasteiger partial charge in [0.25, 0.3) is 0 Å². The van der Waals surface area contributed by atoms with Crippen molar-refractivity contribution in [3.05, 3.63) is 59.0 Å². The van der Waals surface area contributed by atoms with Crippen LogP contribution in [0.25, 0.3) is 0 Å². The zero-order valence-corrected chi connectivity index (χ0v) is 23.1. The lowest BCUT2D eigenvalue weighted by molar-refractivity contribution is -0.118. The first kappa shape index (κ1) is 28.2. The molecule has 3 rings (SSSR count). The summed E-state index contributed by atoms with van der Waals surface area (Å²) < 4.78 is -0.834. The summed E-state index contributed by atoms with van der Waals surface area (Å²) in [4.78, 5) is 21.7. The summed E-state index contributed by atoms with van der Waals surface area (Å²) in [5.41, 5.74) is 2.72. The van der Waals surface area contributed by atoms with Crippen molar-refractivity contribution in [1.29, 1.82) is 0 Å². The highest BCUT2D eigenvalue weighted by Gasteiger charge is 2.32. The highest BCUT2D eigenvalue weighted by atomic mass is 35.5. The number of benzene rings is 1. The Labute approximate surface area is 224 Å². The van der Waals surface area contributed by atoms with Crippen molar-refractivity contribution in [2.24, 2.45) is 10.9 Å². The maximum atomic E-state index is 12.8. The molecule has 0 radical (unpaired) electrons. The standard InChI is InChI=1S/C25H36ClN7O2S/c1-6-18(2)7-9-21-19(3)27-17-28-25(21)32-13-11-31(12-14-32)16-24(34)29-20-8-10-22(26)23(15-20)33(35,36)30(4)5/h7-10,15,17-18,35-36H,3,6,11-14,16H2,1-2,4-5H3,(H-,27,28,29,34)/p+1/b9-7-. The molecule has 11 heteroatoms. The number of piperazine rings is 1. The summed E-state index contributed by atoms with van der Waals surface area (Å²) in [5.74, 6) is 1.25. The Morgan fingerprint density at radius 1 is 1.39 bits per heavy atom. The van der Waals surface area contributed by atoms with Crippen LogP contribution in [-0.4, -0.2) is 79.1 Å². The first-order chi connectivity index (χ1) is 17.0. The number of nitrogens with zero attached hydrogens (tertiary/aromatic N) is 5. The number of nitrogens with one attached hydrogen (secondary N) is 2. The van der Waals surface area contributed by atoms with E-state index in [1.54, 1.807) is 38.6 Å². The summed E-state index contributed by atoms with van der Waals surface area (Å²) in [5, 5.41) is 18.4. The van der Waals surface area contributed by atoms with E-state index in [-0.39, 0.29) is 12.5 Å². The van der Waals surface area contributed by atoms with Crippen molar-refractivity contribution in [1.82, 2.24) is 24.3 Å². The minimum atomic E-state index is -0.834. The summed E-state index contributed by atoms with van der Waals surface area (Å²) in [6.45, 7) is 11.7. The molecule has 1 fully saturated rings. The van der Waals surface area contributed by atoms with Gasteiger partial charge in [-0.3, -0.25) is 9.69 Å². The molecule has 0 aromatic heterocycles. The number of thiol groups is 1. The van der Waals surface area contributed by atoms with E-state index in [1.165, 1.54) is 5.01 Å². The largest absolute Gasteiger partial charge is 0.353 e. The fourth-order valence-corrected chi connectivity index (χ4v) is 4.29. The van der Waals surface area contributed by atoms with Crippen LogP contribution in [0.2, 0.25) is 5.02 Å². The number of hydrogen-bond acceptors (Lipinski definition) is 8. The normalized spacial score (nSPS) is 19.6. The van der Waals surface area contributed by atoms with Crippen molar-refractivity contribution >= 4 is 48.0 Å². The van der Waals surface area contributed by atoms with E-state index < -0.39 is 4.16 Å². The third-order valence-corrected chi connectivity index (χ3v) is 7.27. The van der Waals surface area contributed by atoms with Gasteiger partial charge in [0.15, 0.2) is 0 Å². The molecule has 2 aliphatic rings. The third-order valence-electron chi connectivity index (χ3n) is 6.38. The highest BCUT2D eigenvalue weighted by molar-refractivity contribution is 7.79. The Bertz CT molecular complexity index is 1060. The summed E-state index contributed by atoms with van der Waals surface area (Å²) in [7, 11) is 3.33. The molecule has 0 saturated carbocycles. The molecule has 3 N–H and O–H groups in total. The monoisotopic (exact) mass is 534 g/mol. The Morgan fingerprint density at radius 2 is 2.08 bits per heavy atom. The molecule has 2 heterocycles. The third kappa shape index (κ3) is 6.90. The SMILES string of the molecule is C=C1NC=NC(N2CCN(CC(=O)Nc3ccc(Cl)c([N+](O)(S)N(C)C)c3)CC2)=C1/C=C\C(C)CC. The molecule has 1 aromatic carbocycles. The number of carbonyl (C=O) groups excluding carboxylic acids is 1. The molecule has 1 saturated heterocycles. The Kier molecular flexibility index (Phi) is 9.62. The van der Waals surface area contributed by atoms with Gasteiger partial charge in [0, 0.05) is 63.3 Å². The predicted molar refractivity (Wildman–Crippen MR) is 151 cm³/mol. The smallest absolute Gasteiger partial charge is 0.238 e. The lowest BCUT2D eigenvalue weighted by atomic mass is 10.0. The maximum absolute atomic E-state index is 12.8. The van der Waals surface area contributed by atoms with Crippen LogP contribution in [0, 0.1) is 5.92 Å². The van der Waals surface area contributed by atoms with Crippen molar-refractivity contribution in [2.75, 3.05) is 52.1 Å². The van der Waals surface area contributed by atoms with Crippen molar-refractivity contribution in [2.45, 2.75) is 20.3 Å². The average Bonchev–Trinajstić information content (AvgIpc) is 2.84. The average molecular weight is 535 g/mol. The Balaban J connectivity index is 1.61. The van der Waals surface area contributed by atoms with E-state index in [2.05, 4.69) is 70.8 Å². The number of anilines is 1. The maximum Gasteiger partial charge on any atom is 0.238 e. The van der Waals surface area contributed by atoms with E-state index in [0.29, 0.717) is 22.3 Å². The molecule has 2 unspecified atom stereocenters. The Morgan fingerprint density at radius 3 is 2.72 bits per heavy atom. The van der Waals surface area contributed by atoms with E-state index >= 15 is 0 Å². The molecule has 196 valence electrons. The lowest BCUT2D eigenvalue weighted by Gasteiger charge is -2.37. The summed E-state index contributed by atoms with van der Waals surface area (Å²) in [6, 6.07) is 4.95. The molecule has 1 amide bonds. The molecule has 2 aliphatic heterocycles. The Hall–Kier alpha value is -2.34. The second-order valence-corrected chi connectivity index (χ2v) is 10.2. The van der Waals surface area contributed by atoms with Crippen LogP contribution in [0.4, 0.5) is 11.4 Å². The quantitative estimate of drug-likeness (QED) is 0.219. The minimum absolute atomic E-state index is 0.138. The number of rotatable bonds is 9. The van der Waals surface area contributed by atoms with Crippen LogP contribution >= 0.6 is 24.4 Å². The molecule has 0 bridgehead atoms. The second-order valence-electron chi connectivity index (χ2n) is 9.26. The van der Waals surface area contributed by atoms with Crippen LogP contribution in [0.5, 0.6) is 0 Å². The molecule has 9 nitrogen and oxygen atoms in total. The number of quaternary nitrogens is 1. The first-order valence-corrected chi connectivity index (χ1v) is 12.8. The van der Waals surface area contributed by atoms with Gasteiger partial charge in [0.05, 0.1) is 12.9 Å². The molecule has 2 atom stereocenters. The molecular weight excluding hydrogens is 498 g/mol. The molecule has 0 aliphatic carbocycles. The van der Waals surface area contributed by atoms with E-state index in [4.69, 9.17) is 11.6 Å². The number of halogens is 1. The minimum Gasteiger partial charge on any atom is -0.353 e. The zero-order valence-electron chi connectivity index (χ0n) is 21.4. The molecular formula is C25H37ClN7O2S+. The second kappa shape index (κ2) is 12.3. The summed E-state index contributed by atoms with van der Waals surface area (Å²) >= 11 is 10.5. The lowest BCUT2D eigenvalue weighted by Crippen LogP contribution is -2.48. The first-order valence-electron chi connectivity index (χ1n) is 12.0. The summed E-state index contributed by atoms with van der Waals surface area (Å²) in [6.07, 6.45) is 7.05. The van der Waals surface area contributed by atoms with E-state index in [0.717, 1.165) is 49.7 Å². The van der Waals surface area contributed by atoms with Gasteiger partial charge in [-0.15, -0.1) is 5.01 Å². The number of amides is 1. The van der Waals surface area contributed by atoms with Gasteiger partial charge in [0.2, 0.25) is 11.6 Å². The fraction of sp³-hybridized carbons (Fsp3) is 0.440. The molecule has 0 spiro atoms. The topological polar surface area (TPSA) is 83.4 Å². The number of carbonyl (C=O) groups is 1. The van der Waals surface area contributed by atoms with Crippen LogP contribution in [-0.2, 0) is 4.79 Å². The van der Waals surface area contributed by atoms with Gasteiger partial charge < -0.3 is 15.5 Å².